The molecule has 0 amide bonds. The van der Waals surface area contributed by atoms with Crippen molar-refractivity contribution in [3.05, 3.63) is 48.3 Å². The van der Waals surface area contributed by atoms with Gasteiger partial charge >= 0.3 is 0 Å². The fourth-order valence-corrected chi connectivity index (χ4v) is 1.26. The molecule has 0 aliphatic carbocycles. The van der Waals surface area contributed by atoms with E-state index in [1.54, 1.807) is 0 Å². The maximum absolute atomic E-state index is 2.12. The van der Waals surface area contributed by atoms with Crippen molar-refractivity contribution < 1.29 is 4.57 Å². The highest BCUT2D eigenvalue weighted by Crippen LogP contribution is 2.07. The molecule has 0 bridgehead atoms. The number of aryl methyl sites for hydroxylation is 1. The molecule has 0 saturated carbocycles. The third-order valence-electron chi connectivity index (χ3n) is 2.00. The molecule has 0 fully saturated rings. The average Bonchev–Trinajstić information content (AvgIpc) is 2.15. The Balaban J connectivity index is 3.01. The molecule has 0 atom stereocenters. The predicted octanol–water partition coefficient (Wildman–Crippen LogP) is 2.49. The van der Waals surface area contributed by atoms with Gasteiger partial charge in [0.2, 0.25) is 5.69 Å². The first-order chi connectivity index (χ1) is 6.25. The minimum atomic E-state index is 1.25. The van der Waals surface area contributed by atoms with E-state index in [-0.39, 0.29) is 0 Å². The number of rotatable bonds is 2. The number of nitrogens with zero attached hydrogens (tertiary/aromatic N) is 1. The number of hydrogen-bond acceptors (Lipinski definition) is 0. The molecule has 0 aliphatic rings. The summed E-state index contributed by atoms with van der Waals surface area (Å²) >= 11 is 0. The van der Waals surface area contributed by atoms with Gasteiger partial charge in [-0.1, -0.05) is 18.2 Å². The topological polar surface area (TPSA) is 3.88 Å². The second-order valence-corrected chi connectivity index (χ2v) is 3.07. The van der Waals surface area contributed by atoms with Gasteiger partial charge in [-0.15, -0.1) is 0 Å². The van der Waals surface area contributed by atoms with Gasteiger partial charge in [-0.3, -0.25) is 0 Å². The van der Waals surface area contributed by atoms with Crippen LogP contribution in [0.5, 0.6) is 0 Å². The van der Waals surface area contributed by atoms with Crippen molar-refractivity contribution in [2.75, 3.05) is 0 Å². The second kappa shape index (κ2) is 4.61. The molecule has 1 heterocycles. The van der Waals surface area contributed by atoms with Crippen LogP contribution in [0.3, 0.4) is 0 Å². The predicted molar refractivity (Wildman–Crippen MR) is 56.1 cm³/mol. The summed E-state index contributed by atoms with van der Waals surface area (Å²) in [7, 11) is 2.06. The molecule has 0 spiro atoms. The lowest BCUT2D eigenvalue weighted by atomic mass is 10.2. The minimum absolute atomic E-state index is 1.25. The Morgan fingerprint density at radius 1 is 1.38 bits per heavy atom. The zero-order valence-electron chi connectivity index (χ0n) is 8.49. The molecule has 0 saturated heterocycles. The van der Waals surface area contributed by atoms with Crippen molar-refractivity contribution in [2.24, 2.45) is 7.05 Å². The van der Waals surface area contributed by atoms with Crippen molar-refractivity contribution in [3.8, 4) is 0 Å². The van der Waals surface area contributed by atoms with Crippen LogP contribution in [0.2, 0.25) is 0 Å². The Morgan fingerprint density at radius 2 is 2.15 bits per heavy atom. The first kappa shape index (κ1) is 9.72. The van der Waals surface area contributed by atoms with Crippen molar-refractivity contribution in [3.63, 3.8) is 0 Å². The van der Waals surface area contributed by atoms with Gasteiger partial charge in [-0.25, -0.2) is 4.57 Å². The summed E-state index contributed by atoms with van der Waals surface area (Å²) in [5.41, 5.74) is 2.53. The van der Waals surface area contributed by atoms with Crippen molar-refractivity contribution in [2.45, 2.75) is 13.8 Å². The van der Waals surface area contributed by atoms with Gasteiger partial charge in [0.15, 0.2) is 6.20 Å². The van der Waals surface area contributed by atoms with Gasteiger partial charge in [0.1, 0.15) is 7.05 Å². The van der Waals surface area contributed by atoms with Crippen LogP contribution >= 0.6 is 0 Å². The summed E-state index contributed by atoms with van der Waals surface area (Å²) in [6.45, 7) is 4.14. The molecule has 68 valence electrons. The van der Waals surface area contributed by atoms with Crippen molar-refractivity contribution >= 4 is 5.57 Å². The highest BCUT2D eigenvalue weighted by molar-refractivity contribution is 5.59. The van der Waals surface area contributed by atoms with Gasteiger partial charge in [-0.05, 0) is 19.9 Å². The first-order valence-corrected chi connectivity index (χ1v) is 4.50. The quantitative estimate of drug-likeness (QED) is 0.479. The molecule has 0 aromatic carbocycles. The van der Waals surface area contributed by atoms with Crippen LogP contribution in [0, 0.1) is 0 Å². The van der Waals surface area contributed by atoms with E-state index in [1.165, 1.54) is 11.3 Å². The van der Waals surface area contributed by atoms with E-state index in [0.717, 1.165) is 0 Å². The molecular weight excluding hydrogens is 158 g/mol. The molecule has 0 radical (unpaired) electrons. The Kier molecular flexibility index (Phi) is 3.44. The van der Waals surface area contributed by atoms with Gasteiger partial charge in [-0.2, -0.15) is 0 Å². The van der Waals surface area contributed by atoms with Crippen LogP contribution in [0.25, 0.3) is 5.57 Å². The molecule has 1 aromatic rings. The highest BCUT2D eigenvalue weighted by atomic mass is 14.9. The number of aromatic nitrogens is 1. The van der Waals surface area contributed by atoms with Crippen LogP contribution in [0.4, 0.5) is 0 Å². The van der Waals surface area contributed by atoms with Crippen LogP contribution in [-0.4, -0.2) is 0 Å². The minimum Gasteiger partial charge on any atom is -0.201 e. The smallest absolute Gasteiger partial charge is 0.201 e. The Morgan fingerprint density at radius 3 is 2.77 bits per heavy atom. The molecule has 1 aromatic heterocycles. The molecule has 0 unspecified atom stereocenters. The standard InChI is InChI=1S/C12H16N/c1-4-5-8-11(2)12-9-6-7-10-13(12)3/h4-10H,1-3H3/q+1/b5-4-,11-8+. The Labute approximate surface area is 80.0 Å². The molecule has 0 aliphatic heterocycles. The molecule has 0 N–H and O–H groups in total. The highest BCUT2D eigenvalue weighted by Gasteiger charge is 2.04. The molecular formula is C12H16N+. The second-order valence-electron chi connectivity index (χ2n) is 3.07. The third kappa shape index (κ3) is 2.55. The fraction of sp³-hybridized carbons (Fsp3) is 0.250. The van der Waals surface area contributed by atoms with Crippen LogP contribution in [-0.2, 0) is 7.05 Å². The average molecular weight is 174 g/mol. The lowest BCUT2D eigenvalue weighted by molar-refractivity contribution is -0.673. The molecule has 1 heteroatoms. The van der Waals surface area contributed by atoms with Crippen molar-refractivity contribution in [1.29, 1.82) is 0 Å². The summed E-state index contributed by atoms with van der Waals surface area (Å²) in [5, 5.41) is 0. The lowest BCUT2D eigenvalue weighted by Crippen LogP contribution is -2.31. The third-order valence-corrected chi connectivity index (χ3v) is 2.00. The van der Waals surface area contributed by atoms with E-state index in [4.69, 9.17) is 0 Å². The monoisotopic (exact) mass is 174 g/mol. The van der Waals surface area contributed by atoms with E-state index in [1.807, 2.05) is 19.1 Å². The molecule has 13 heavy (non-hydrogen) atoms. The summed E-state index contributed by atoms with van der Waals surface area (Å²) in [5.74, 6) is 0. The largest absolute Gasteiger partial charge is 0.207 e. The number of allylic oxidation sites excluding steroid dienone is 4. The first-order valence-electron chi connectivity index (χ1n) is 4.50. The van der Waals surface area contributed by atoms with E-state index >= 15 is 0 Å². The Bertz CT molecular complexity index is 335. The summed E-state index contributed by atoms with van der Waals surface area (Å²) in [6, 6.07) is 6.21. The van der Waals surface area contributed by atoms with E-state index < -0.39 is 0 Å². The number of hydrogen-bond donors (Lipinski definition) is 0. The maximum atomic E-state index is 2.12. The van der Waals surface area contributed by atoms with Gasteiger partial charge in [0.05, 0.1) is 0 Å². The zero-order chi connectivity index (χ0) is 9.68. The summed E-state index contributed by atoms with van der Waals surface area (Å²) in [6.07, 6.45) is 8.27. The van der Waals surface area contributed by atoms with Crippen molar-refractivity contribution in [1.82, 2.24) is 0 Å². The zero-order valence-corrected chi connectivity index (χ0v) is 8.49. The van der Waals surface area contributed by atoms with E-state index in [9.17, 15) is 0 Å². The van der Waals surface area contributed by atoms with E-state index in [0.29, 0.717) is 0 Å². The van der Waals surface area contributed by atoms with Gasteiger partial charge in [0, 0.05) is 17.7 Å². The summed E-state index contributed by atoms with van der Waals surface area (Å²) in [4.78, 5) is 0. The fourth-order valence-electron chi connectivity index (χ4n) is 1.26. The molecule has 1 rings (SSSR count). The maximum Gasteiger partial charge on any atom is 0.207 e. The van der Waals surface area contributed by atoms with Crippen LogP contribution in [0.15, 0.2) is 42.6 Å². The SMILES string of the molecule is C/C=C\C=C(/C)c1cccc[n+]1C. The Hall–Kier alpha value is -1.37. The van der Waals surface area contributed by atoms with Gasteiger partial charge < -0.3 is 0 Å². The van der Waals surface area contributed by atoms with Crippen LogP contribution in [0.1, 0.15) is 19.5 Å². The summed E-state index contributed by atoms with van der Waals surface area (Å²) < 4.78 is 2.12. The molecule has 1 nitrogen and oxygen atoms in total. The lowest BCUT2D eigenvalue weighted by Gasteiger charge is -1.97. The van der Waals surface area contributed by atoms with Gasteiger partial charge in [0.25, 0.3) is 0 Å². The van der Waals surface area contributed by atoms with Crippen LogP contribution < -0.4 is 4.57 Å². The number of pyridine rings is 1. The normalized spacial score (nSPS) is 12.4. The van der Waals surface area contributed by atoms with E-state index in [2.05, 4.69) is 49.0 Å².